The van der Waals surface area contributed by atoms with Crippen LogP contribution in [0.3, 0.4) is 0 Å². The third kappa shape index (κ3) is 4.41. The molecule has 1 N–H and O–H groups in total. The molecule has 0 saturated carbocycles. The van der Waals surface area contributed by atoms with E-state index in [1.54, 1.807) is 19.5 Å². The van der Waals surface area contributed by atoms with E-state index in [-0.39, 0.29) is 6.04 Å². The van der Waals surface area contributed by atoms with Gasteiger partial charge in [0.1, 0.15) is 5.75 Å². The highest BCUT2D eigenvalue weighted by Crippen LogP contribution is 2.22. The lowest BCUT2D eigenvalue weighted by atomic mass is 10.1. The van der Waals surface area contributed by atoms with Gasteiger partial charge in [0, 0.05) is 18.9 Å². The molecule has 0 amide bonds. The third-order valence-corrected chi connectivity index (χ3v) is 3.59. The van der Waals surface area contributed by atoms with Crippen LogP contribution in [-0.2, 0) is 0 Å². The van der Waals surface area contributed by atoms with Crippen molar-refractivity contribution in [1.29, 1.82) is 0 Å². The summed E-state index contributed by atoms with van der Waals surface area (Å²) in [4.78, 5) is 10.6. The smallest absolute Gasteiger partial charge is 0.222 e. The largest absolute Gasteiger partial charge is 0.497 e. The van der Waals surface area contributed by atoms with Crippen LogP contribution < -0.4 is 10.1 Å². The Morgan fingerprint density at radius 3 is 2.62 bits per heavy atom. The van der Waals surface area contributed by atoms with E-state index in [0.29, 0.717) is 12.5 Å². The molecule has 0 fully saturated rings. The highest BCUT2D eigenvalue weighted by Gasteiger charge is 2.15. The summed E-state index contributed by atoms with van der Waals surface area (Å²) >= 11 is 3.33. The number of methoxy groups -OCH3 is 1. The Hall–Kier alpha value is -1.66. The number of ether oxygens (including phenoxy) is 1. The van der Waals surface area contributed by atoms with Gasteiger partial charge in [0.2, 0.25) is 5.95 Å². The lowest BCUT2D eigenvalue weighted by Gasteiger charge is -2.25. The number of hydrogen-bond donors (Lipinski definition) is 1. The lowest BCUT2D eigenvalue weighted by Crippen LogP contribution is -2.27. The minimum Gasteiger partial charge on any atom is -0.497 e. The van der Waals surface area contributed by atoms with Gasteiger partial charge in [-0.1, -0.05) is 12.1 Å². The molecule has 0 saturated heterocycles. The molecule has 2 aromatic rings. The fourth-order valence-electron chi connectivity index (χ4n) is 2.04. The van der Waals surface area contributed by atoms with E-state index in [0.717, 1.165) is 10.2 Å². The van der Waals surface area contributed by atoms with Crippen molar-refractivity contribution in [2.75, 3.05) is 33.1 Å². The van der Waals surface area contributed by atoms with Crippen LogP contribution in [0, 0.1) is 0 Å². The maximum atomic E-state index is 5.29. The van der Waals surface area contributed by atoms with Gasteiger partial charge in [-0.15, -0.1) is 0 Å². The first-order chi connectivity index (χ1) is 10.1. The molecule has 0 bridgehead atoms. The number of hydrogen-bond acceptors (Lipinski definition) is 5. The molecule has 0 aliphatic carbocycles. The first-order valence-electron chi connectivity index (χ1n) is 6.62. The van der Waals surface area contributed by atoms with Crippen molar-refractivity contribution < 1.29 is 4.74 Å². The van der Waals surface area contributed by atoms with E-state index in [2.05, 4.69) is 48.2 Å². The van der Waals surface area contributed by atoms with E-state index in [9.17, 15) is 0 Å². The van der Waals surface area contributed by atoms with Gasteiger partial charge in [-0.25, -0.2) is 9.97 Å². The molecule has 1 heterocycles. The second kappa shape index (κ2) is 7.38. The fraction of sp³-hybridized carbons (Fsp3) is 0.333. The Labute approximate surface area is 133 Å². The SMILES string of the molecule is COc1cccc(C(CNc2ncc(Br)cn2)N(C)C)c1. The van der Waals surface area contributed by atoms with Crippen LogP contribution in [0.15, 0.2) is 41.1 Å². The molecule has 1 unspecified atom stereocenters. The molecule has 6 heteroatoms. The van der Waals surface area contributed by atoms with E-state index >= 15 is 0 Å². The molecule has 0 radical (unpaired) electrons. The average molecular weight is 351 g/mol. The van der Waals surface area contributed by atoms with Crippen molar-refractivity contribution in [2.24, 2.45) is 0 Å². The molecule has 1 atom stereocenters. The molecule has 1 aromatic carbocycles. The summed E-state index contributed by atoms with van der Waals surface area (Å²) in [6, 6.07) is 8.29. The zero-order valence-electron chi connectivity index (χ0n) is 12.4. The second-order valence-electron chi connectivity index (χ2n) is 4.86. The molecule has 1 aromatic heterocycles. The van der Waals surface area contributed by atoms with Gasteiger partial charge >= 0.3 is 0 Å². The number of rotatable bonds is 6. The standard InChI is InChI=1S/C15H19BrN4O/c1-20(2)14(11-5-4-6-13(7-11)21-3)10-19-15-17-8-12(16)9-18-15/h4-9,14H,10H2,1-3H3,(H,17,18,19). The molecular formula is C15H19BrN4O. The number of nitrogens with one attached hydrogen (secondary N) is 1. The summed E-state index contributed by atoms with van der Waals surface area (Å²) in [5, 5.41) is 3.26. The zero-order valence-corrected chi connectivity index (χ0v) is 14.0. The van der Waals surface area contributed by atoms with Crippen molar-refractivity contribution in [3.8, 4) is 5.75 Å². The van der Waals surface area contributed by atoms with Crippen LogP contribution in [0.5, 0.6) is 5.75 Å². The predicted molar refractivity (Wildman–Crippen MR) is 87.6 cm³/mol. The van der Waals surface area contributed by atoms with Crippen molar-refractivity contribution >= 4 is 21.9 Å². The topological polar surface area (TPSA) is 50.3 Å². The van der Waals surface area contributed by atoms with Gasteiger partial charge in [-0.2, -0.15) is 0 Å². The number of halogens is 1. The summed E-state index contributed by atoms with van der Waals surface area (Å²) < 4.78 is 6.16. The van der Waals surface area contributed by atoms with Crippen LogP contribution in [0.4, 0.5) is 5.95 Å². The van der Waals surface area contributed by atoms with Gasteiger partial charge < -0.3 is 15.0 Å². The molecular weight excluding hydrogens is 332 g/mol. The zero-order chi connectivity index (χ0) is 15.2. The maximum absolute atomic E-state index is 5.29. The first-order valence-corrected chi connectivity index (χ1v) is 7.41. The number of likely N-dealkylation sites (N-methyl/N-ethyl adjacent to an activating group) is 1. The van der Waals surface area contributed by atoms with Crippen molar-refractivity contribution in [3.63, 3.8) is 0 Å². The Morgan fingerprint density at radius 2 is 2.00 bits per heavy atom. The van der Waals surface area contributed by atoms with E-state index in [1.165, 1.54) is 5.56 Å². The average Bonchev–Trinajstić information content (AvgIpc) is 2.49. The Bertz CT molecular complexity index is 574. The quantitative estimate of drug-likeness (QED) is 0.867. The molecule has 112 valence electrons. The van der Waals surface area contributed by atoms with Gasteiger partial charge in [-0.05, 0) is 47.7 Å². The molecule has 2 rings (SSSR count). The molecule has 0 aliphatic heterocycles. The number of aromatic nitrogens is 2. The summed E-state index contributed by atoms with van der Waals surface area (Å²) in [6.07, 6.45) is 3.46. The first kappa shape index (κ1) is 15.7. The van der Waals surface area contributed by atoms with Crippen LogP contribution in [-0.4, -0.2) is 42.6 Å². The number of benzene rings is 1. The molecule has 0 spiro atoms. The summed E-state index contributed by atoms with van der Waals surface area (Å²) in [6.45, 7) is 0.710. The maximum Gasteiger partial charge on any atom is 0.222 e. The minimum absolute atomic E-state index is 0.201. The normalized spacial score (nSPS) is 12.2. The lowest BCUT2D eigenvalue weighted by molar-refractivity contribution is 0.310. The number of nitrogens with zero attached hydrogens (tertiary/aromatic N) is 3. The van der Waals surface area contributed by atoms with Gasteiger partial charge in [0.15, 0.2) is 0 Å². The highest BCUT2D eigenvalue weighted by atomic mass is 79.9. The van der Waals surface area contributed by atoms with Crippen molar-refractivity contribution in [2.45, 2.75) is 6.04 Å². The van der Waals surface area contributed by atoms with E-state index in [4.69, 9.17) is 4.74 Å². The van der Waals surface area contributed by atoms with Gasteiger partial charge in [0.25, 0.3) is 0 Å². The number of anilines is 1. The van der Waals surface area contributed by atoms with Crippen LogP contribution >= 0.6 is 15.9 Å². The Balaban J connectivity index is 2.10. The predicted octanol–water partition coefficient (Wildman–Crippen LogP) is 2.96. The monoisotopic (exact) mass is 350 g/mol. The summed E-state index contributed by atoms with van der Waals surface area (Å²) in [5.41, 5.74) is 1.18. The molecule has 5 nitrogen and oxygen atoms in total. The van der Waals surface area contributed by atoms with Crippen LogP contribution in [0.25, 0.3) is 0 Å². The summed E-state index contributed by atoms with van der Waals surface area (Å²) in [7, 11) is 5.78. The van der Waals surface area contributed by atoms with Crippen molar-refractivity contribution in [1.82, 2.24) is 14.9 Å². The van der Waals surface area contributed by atoms with Crippen LogP contribution in [0.2, 0.25) is 0 Å². The fourth-order valence-corrected chi connectivity index (χ4v) is 2.24. The van der Waals surface area contributed by atoms with E-state index in [1.807, 2.05) is 26.2 Å². The Kier molecular flexibility index (Phi) is 5.52. The minimum atomic E-state index is 0.201. The molecule has 21 heavy (non-hydrogen) atoms. The second-order valence-corrected chi connectivity index (χ2v) is 5.78. The van der Waals surface area contributed by atoms with Crippen LogP contribution in [0.1, 0.15) is 11.6 Å². The van der Waals surface area contributed by atoms with E-state index < -0.39 is 0 Å². The third-order valence-electron chi connectivity index (χ3n) is 3.18. The van der Waals surface area contributed by atoms with Gasteiger partial charge in [-0.3, -0.25) is 0 Å². The molecule has 0 aliphatic rings. The highest BCUT2D eigenvalue weighted by molar-refractivity contribution is 9.10. The van der Waals surface area contributed by atoms with Crippen molar-refractivity contribution in [3.05, 3.63) is 46.7 Å². The summed E-state index contributed by atoms with van der Waals surface area (Å²) in [5.74, 6) is 1.48. The Morgan fingerprint density at radius 1 is 1.29 bits per heavy atom. The van der Waals surface area contributed by atoms with Gasteiger partial charge in [0.05, 0.1) is 17.6 Å².